The molecule has 0 saturated carbocycles. The fraction of sp³-hybridized carbons (Fsp3) is 0.438. The molecule has 0 radical (unpaired) electrons. The van der Waals surface area contributed by atoms with E-state index in [4.69, 9.17) is 4.74 Å². The molecule has 126 valence electrons. The molecule has 1 atom stereocenters. The lowest BCUT2D eigenvalue weighted by molar-refractivity contribution is -0.128. The van der Waals surface area contributed by atoms with Crippen molar-refractivity contribution in [2.75, 3.05) is 26.7 Å². The van der Waals surface area contributed by atoms with Crippen molar-refractivity contribution in [3.05, 3.63) is 35.9 Å². The van der Waals surface area contributed by atoms with Crippen LogP contribution >= 0.6 is 0 Å². The van der Waals surface area contributed by atoms with Crippen LogP contribution in [0.1, 0.15) is 12.5 Å². The van der Waals surface area contributed by atoms with Crippen molar-refractivity contribution in [1.29, 1.82) is 0 Å². The molecule has 2 amide bonds. The first-order chi connectivity index (χ1) is 11.0. The van der Waals surface area contributed by atoms with Crippen LogP contribution in [0, 0.1) is 0 Å². The van der Waals surface area contributed by atoms with Crippen molar-refractivity contribution in [2.24, 2.45) is 0 Å². The van der Waals surface area contributed by atoms with Gasteiger partial charge in [-0.2, -0.15) is 0 Å². The summed E-state index contributed by atoms with van der Waals surface area (Å²) in [6.45, 7) is 1.75. The molecule has 1 aromatic carbocycles. The first-order valence-corrected chi connectivity index (χ1v) is 7.35. The Bertz CT molecular complexity index is 519. The predicted octanol–water partition coefficient (Wildman–Crippen LogP) is -0.387. The van der Waals surface area contributed by atoms with Crippen LogP contribution in [0.15, 0.2) is 30.3 Å². The van der Waals surface area contributed by atoms with Crippen LogP contribution in [0.4, 0.5) is 0 Å². The van der Waals surface area contributed by atoms with Gasteiger partial charge in [0.2, 0.25) is 11.8 Å². The van der Waals surface area contributed by atoms with Crippen LogP contribution in [0.2, 0.25) is 0 Å². The maximum atomic E-state index is 12.0. The number of likely N-dealkylation sites (N-methyl/N-ethyl adjacent to an activating group) is 1. The van der Waals surface area contributed by atoms with Gasteiger partial charge in [0.25, 0.3) is 0 Å². The molecular weight excluding hydrogens is 298 g/mol. The molecule has 7 nitrogen and oxygen atoms in total. The number of hydrogen-bond donors (Lipinski definition) is 3. The number of rotatable bonds is 10. The van der Waals surface area contributed by atoms with Gasteiger partial charge in [-0.1, -0.05) is 30.3 Å². The second-order valence-corrected chi connectivity index (χ2v) is 5.04. The quantitative estimate of drug-likeness (QED) is 0.545. The zero-order valence-corrected chi connectivity index (χ0v) is 13.4. The highest BCUT2D eigenvalue weighted by Gasteiger charge is 2.17. The largest absolute Gasteiger partial charge is 0.375 e. The summed E-state index contributed by atoms with van der Waals surface area (Å²) in [5, 5.41) is 7.74. The molecule has 1 rings (SSSR count). The third kappa shape index (κ3) is 8.08. The molecule has 3 N–H and O–H groups in total. The third-order valence-corrected chi connectivity index (χ3v) is 3.02. The first kappa shape index (κ1) is 18.8. The van der Waals surface area contributed by atoms with Crippen molar-refractivity contribution in [2.45, 2.75) is 19.6 Å². The lowest BCUT2D eigenvalue weighted by Gasteiger charge is -2.16. The van der Waals surface area contributed by atoms with Gasteiger partial charge in [-0.3, -0.25) is 14.4 Å². The van der Waals surface area contributed by atoms with Crippen molar-refractivity contribution >= 4 is 17.6 Å². The lowest BCUT2D eigenvalue weighted by atomic mass is 10.2. The number of ether oxygens (including phenoxy) is 1. The molecule has 0 heterocycles. The van der Waals surface area contributed by atoms with Gasteiger partial charge >= 0.3 is 0 Å². The van der Waals surface area contributed by atoms with Crippen molar-refractivity contribution in [1.82, 2.24) is 16.0 Å². The smallest absolute Gasteiger partial charge is 0.239 e. The summed E-state index contributed by atoms with van der Waals surface area (Å²) in [5.41, 5.74) is 1.02. The summed E-state index contributed by atoms with van der Waals surface area (Å²) < 4.78 is 5.51. The molecule has 1 unspecified atom stereocenters. The number of amides is 2. The van der Waals surface area contributed by atoms with Gasteiger partial charge in [0.1, 0.15) is 11.8 Å². The predicted molar refractivity (Wildman–Crippen MR) is 85.6 cm³/mol. The fourth-order valence-electron chi connectivity index (χ4n) is 1.74. The van der Waals surface area contributed by atoms with Crippen molar-refractivity contribution < 1.29 is 19.1 Å². The summed E-state index contributed by atoms with van der Waals surface area (Å²) in [6, 6.07) is 9.08. The molecular formula is C16H23N3O4. The standard InChI is InChI=1S/C16H23N3O4/c1-12(20)8-18-15(21)9-19-16(22)14(17-2)11-23-10-13-6-4-3-5-7-13/h3-7,14,17H,8-11H2,1-2H3,(H,18,21)(H,19,22). The van der Waals surface area contributed by atoms with E-state index in [1.165, 1.54) is 6.92 Å². The van der Waals surface area contributed by atoms with E-state index < -0.39 is 11.9 Å². The number of Topliss-reactive ketones (excluding diaryl/α,β-unsaturated/α-hetero) is 1. The Labute approximate surface area is 135 Å². The third-order valence-electron chi connectivity index (χ3n) is 3.02. The number of carbonyl (C=O) groups excluding carboxylic acids is 3. The summed E-state index contributed by atoms with van der Waals surface area (Å²) in [5.74, 6) is -0.890. The number of benzene rings is 1. The van der Waals surface area contributed by atoms with Gasteiger partial charge in [0.05, 0.1) is 26.3 Å². The zero-order chi connectivity index (χ0) is 17.1. The van der Waals surface area contributed by atoms with E-state index in [9.17, 15) is 14.4 Å². The number of carbonyl (C=O) groups is 3. The van der Waals surface area contributed by atoms with Crippen molar-refractivity contribution in [3.63, 3.8) is 0 Å². The Morgan fingerprint density at radius 1 is 1.09 bits per heavy atom. The molecule has 0 aliphatic heterocycles. The Balaban J connectivity index is 2.28. The molecule has 7 heteroatoms. The SMILES string of the molecule is CNC(COCc1ccccc1)C(=O)NCC(=O)NCC(C)=O. The average molecular weight is 321 g/mol. The van der Waals surface area contributed by atoms with Crippen LogP contribution < -0.4 is 16.0 Å². The van der Waals surface area contributed by atoms with E-state index in [-0.39, 0.29) is 31.4 Å². The van der Waals surface area contributed by atoms with E-state index in [0.29, 0.717) is 6.61 Å². The van der Waals surface area contributed by atoms with E-state index in [1.807, 2.05) is 30.3 Å². The molecule has 0 aliphatic rings. The summed E-state index contributed by atoms with van der Waals surface area (Å²) in [7, 11) is 1.64. The monoisotopic (exact) mass is 321 g/mol. The highest BCUT2D eigenvalue weighted by atomic mass is 16.5. The minimum absolute atomic E-state index is 0.0374. The minimum Gasteiger partial charge on any atom is -0.375 e. The minimum atomic E-state index is -0.556. The topological polar surface area (TPSA) is 96.5 Å². The number of nitrogens with one attached hydrogen (secondary N) is 3. The van der Waals surface area contributed by atoms with Crippen LogP contribution in [-0.4, -0.2) is 50.4 Å². The van der Waals surface area contributed by atoms with E-state index >= 15 is 0 Å². The molecule has 0 aromatic heterocycles. The normalized spacial score (nSPS) is 11.6. The van der Waals surface area contributed by atoms with E-state index in [0.717, 1.165) is 5.56 Å². The Kier molecular flexibility index (Phi) is 8.56. The molecule has 0 spiro atoms. The molecule has 0 aliphatic carbocycles. The number of ketones is 1. The maximum Gasteiger partial charge on any atom is 0.239 e. The Morgan fingerprint density at radius 2 is 1.78 bits per heavy atom. The molecule has 23 heavy (non-hydrogen) atoms. The average Bonchev–Trinajstić information content (AvgIpc) is 2.55. The summed E-state index contributed by atoms with van der Waals surface area (Å²) in [6.07, 6.45) is 0. The molecule has 0 saturated heterocycles. The van der Waals surface area contributed by atoms with E-state index in [2.05, 4.69) is 16.0 Å². The number of hydrogen-bond acceptors (Lipinski definition) is 5. The highest BCUT2D eigenvalue weighted by Crippen LogP contribution is 2.01. The highest BCUT2D eigenvalue weighted by molar-refractivity contribution is 5.89. The Hall–Kier alpha value is -2.25. The van der Waals surface area contributed by atoms with Gasteiger partial charge in [-0.15, -0.1) is 0 Å². The molecule has 0 bridgehead atoms. The van der Waals surface area contributed by atoms with E-state index in [1.54, 1.807) is 7.05 Å². The van der Waals surface area contributed by atoms with Crippen LogP contribution in [0.3, 0.4) is 0 Å². The van der Waals surface area contributed by atoms with Gasteiger partial charge < -0.3 is 20.7 Å². The lowest BCUT2D eigenvalue weighted by Crippen LogP contribution is -2.48. The van der Waals surface area contributed by atoms with Crippen molar-refractivity contribution in [3.8, 4) is 0 Å². The zero-order valence-electron chi connectivity index (χ0n) is 13.4. The van der Waals surface area contributed by atoms with Gasteiger partial charge in [0.15, 0.2) is 0 Å². The second-order valence-electron chi connectivity index (χ2n) is 5.04. The van der Waals surface area contributed by atoms with Crippen LogP contribution in [0.5, 0.6) is 0 Å². The van der Waals surface area contributed by atoms with Gasteiger partial charge in [-0.05, 0) is 19.5 Å². The van der Waals surface area contributed by atoms with Gasteiger partial charge in [0, 0.05) is 0 Å². The molecule has 0 fully saturated rings. The summed E-state index contributed by atoms with van der Waals surface area (Å²) in [4.78, 5) is 34.1. The van der Waals surface area contributed by atoms with Gasteiger partial charge in [-0.25, -0.2) is 0 Å². The first-order valence-electron chi connectivity index (χ1n) is 7.35. The van der Waals surface area contributed by atoms with Crippen LogP contribution in [-0.2, 0) is 25.7 Å². The fourth-order valence-corrected chi connectivity index (χ4v) is 1.74. The maximum absolute atomic E-state index is 12.0. The molecule has 1 aromatic rings. The van der Waals surface area contributed by atoms with Crippen LogP contribution in [0.25, 0.3) is 0 Å². The second kappa shape index (κ2) is 10.5. The Morgan fingerprint density at radius 3 is 2.39 bits per heavy atom. The summed E-state index contributed by atoms with van der Waals surface area (Å²) >= 11 is 0.